The molecule has 4 heteroatoms. The Balaban J connectivity index is 1.94. The van der Waals surface area contributed by atoms with E-state index in [4.69, 9.17) is 5.73 Å². The smallest absolute Gasteiger partial charge is 0.251 e. The van der Waals surface area contributed by atoms with Crippen LogP contribution in [0.4, 0.5) is 0 Å². The van der Waals surface area contributed by atoms with Crippen LogP contribution in [0, 0.1) is 5.41 Å². The van der Waals surface area contributed by atoms with Gasteiger partial charge < -0.3 is 11.1 Å². The summed E-state index contributed by atoms with van der Waals surface area (Å²) < 4.78 is 0. The normalized spacial score (nSPS) is 19.1. The van der Waals surface area contributed by atoms with Crippen molar-refractivity contribution in [1.29, 1.82) is 0 Å². The lowest BCUT2D eigenvalue weighted by Crippen LogP contribution is -2.39. The SMILES string of the molecule is CC1(C)CCC(NC(=O)c2ccnc(CN)c2)CC1. The third-order valence-corrected chi connectivity index (χ3v) is 3.96. The van der Waals surface area contributed by atoms with Gasteiger partial charge in [-0.25, -0.2) is 0 Å². The molecule has 19 heavy (non-hydrogen) atoms. The highest BCUT2D eigenvalue weighted by atomic mass is 16.1. The average molecular weight is 261 g/mol. The lowest BCUT2D eigenvalue weighted by molar-refractivity contribution is 0.0909. The van der Waals surface area contributed by atoms with Gasteiger partial charge in [0.05, 0.1) is 5.69 Å². The zero-order valence-electron chi connectivity index (χ0n) is 11.8. The minimum absolute atomic E-state index is 0.0122. The van der Waals surface area contributed by atoms with E-state index < -0.39 is 0 Å². The van der Waals surface area contributed by atoms with Gasteiger partial charge in [0.1, 0.15) is 0 Å². The first-order valence-electron chi connectivity index (χ1n) is 6.96. The Bertz CT molecular complexity index is 446. The van der Waals surface area contributed by atoms with Gasteiger partial charge in [0.15, 0.2) is 0 Å². The van der Waals surface area contributed by atoms with Crippen molar-refractivity contribution in [3.63, 3.8) is 0 Å². The molecule has 3 N–H and O–H groups in total. The first-order valence-corrected chi connectivity index (χ1v) is 6.96. The lowest BCUT2D eigenvalue weighted by atomic mass is 9.75. The van der Waals surface area contributed by atoms with Gasteiger partial charge in [0.25, 0.3) is 5.91 Å². The van der Waals surface area contributed by atoms with Gasteiger partial charge in [0.2, 0.25) is 0 Å². The zero-order valence-corrected chi connectivity index (χ0v) is 11.8. The number of carbonyl (C=O) groups excluding carboxylic acids is 1. The van der Waals surface area contributed by atoms with Crippen LogP contribution in [0.1, 0.15) is 55.6 Å². The fourth-order valence-corrected chi connectivity index (χ4v) is 2.54. The first-order chi connectivity index (χ1) is 9.00. The molecule has 0 aliphatic heterocycles. The second-order valence-electron chi connectivity index (χ2n) is 6.15. The van der Waals surface area contributed by atoms with Gasteiger partial charge >= 0.3 is 0 Å². The number of hydrogen-bond donors (Lipinski definition) is 2. The molecular formula is C15H23N3O. The molecule has 0 atom stereocenters. The summed E-state index contributed by atoms with van der Waals surface area (Å²) in [5.41, 5.74) is 7.36. The molecule has 0 saturated heterocycles. The molecule has 1 saturated carbocycles. The van der Waals surface area contributed by atoms with E-state index in [0.717, 1.165) is 18.5 Å². The van der Waals surface area contributed by atoms with E-state index in [2.05, 4.69) is 24.1 Å². The Morgan fingerprint density at radius 3 is 2.79 bits per heavy atom. The summed E-state index contributed by atoms with van der Waals surface area (Å²) in [6.07, 6.45) is 6.10. The number of pyridine rings is 1. The van der Waals surface area contributed by atoms with Crippen LogP contribution in [-0.2, 0) is 6.54 Å². The summed E-state index contributed by atoms with van der Waals surface area (Å²) >= 11 is 0. The molecule has 1 aliphatic carbocycles. The van der Waals surface area contributed by atoms with Gasteiger partial charge in [-0.1, -0.05) is 13.8 Å². The van der Waals surface area contributed by atoms with E-state index in [0.29, 0.717) is 23.6 Å². The lowest BCUT2D eigenvalue weighted by Gasteiger charge is -2.34. The first kappa shape index (κ1) is 14.0. The van der Waals surface area contributed by atoms with Crippen molar-refractivity contribution in [2.24, 2.45) is 11.1 Å². The van der Waals surface area contributed by atoms with Crippen molar-refractivity contribution >= 4 is 5.91 Å². The third-order valence-electron chi connectivity index (χ3n) is 3.96. The maximum Gasteiger partial charge on any atom is 0.251 e. The van der Waals surface area contributed by atoms with Crippen LogP contribution in [0.5, 0.6) is 0 Å². The number of nitrogens with one attached hydrogen (secondary N) is 1. The average Bonchev–Trinajstić information content (AvgIpc) is 2.41. The van der Waals surface area contributed by atoms with Crippen LogP contribution in [0.25, 0.3) is 0 Å². The Hall–Kier alpha value is -1.42. The van der Waals surface area contributed by atoms with Crippen LogP contribution in [-0.4, -0.2) is 16.9 Å². The predicted octanol–water partition coefficient (Wildman–Crippen LogP) is 2.24. The van der Waals surface area contributed by atoms with Crippen molar-refractivity contribution < 1.29 is 4.79 Å². The van der Waals surface area contributed by atoms with E-state index in [1.807, 2.05) is 0 Å². The summed E-state index contributed by atoms with van der Waals surface area (Å²) in [6, 6.07) is 3.80. The summed E-state index contributed by atoms with van der Waals surface area (Å²) in [7, 11) is 0. The maximum atomic E-state index is 12.2. The maximum absolute atomic E-state index is 12.2. The number of rotatable bonds is 3. The summed E-state index contributed by atoms with van der Waals surface area (Å²) in [5.74, 6) is -0.0122. The Kier molecular flexibility index (Phi) is 4.20. The molecule has 1 aromatic rings. The molecule has 0 aromatic carbocycles. The second kappa shape index (κ2) is 5.70. The predicted molar refractivity (Wildman–Crippen MR) is 75.6 cm³/mol. The quantitative estimate of drug-likeness (QED) is 0.876. The molecule has 104 valence electrons. The van der Waals surface area contributed by atoms with Gasteiger partial charge in [-0.2, -0.15) is 0 Å². The van der Waals surface area contributed by atoms with E-state index in [9.17, 15) is 4.79 Å². The number of hydrogen-bond acceptors (Lipinski definition) is 3. The van der Waals surface area contributed by atoms with Crippen LogP contribution >= 0.6 is 0 Å². The molecule has 0 bridgehead atoms. The van der Waals surface area contributed by atoms with Crippen LogP contribution < -0.4 is 11.1 Å². The molecule has 1 aromatic heterocycles. The highest BCUT2D eigenvalue weighted by Crippen LogP contribution is 2.35. The van der Waals surface area contributed by atoms with Crippen molar-refractivity contribution in [3.05, 3.63) is 29.6 Å². The fourth-order valence-electron chi connectivity index (χ4n) is 2.54. The monoisotopic (exact) mass is 261 g/mol. The number of amides is 1. The molecule has 1 heterocycles. The Morgan fingerprint density at radius 2 is 2.16 bits per heavy atom. The Labute approximate surface area is 114 Å². The summed E-state index contributed by atoms with van der Waals surface area (Å²) in [4.78, 5) is 16.3. The molecular weight excluding hydrogens is 238 g/mol. The minimum atomic E-state index is -0.0122. The van der Waals surface area contributed by atoms with Crippen molar-refractivity contribution in [1.82, 2.24) is 10.3 Å². The third kappa shape index (κ3) is 3.77. The standard InChI is InChI=1S/C15H23N3O/c1-15(2)6-3-12(4-7-15)18-14(19)11-5-8-17-13(9-11)10-16/h5,8-9,12H,3-4,6-7,10,16H2,1-2H3,(H,18,19). The zero-order chi connectivity index (χ0) is 13.9. The van der Waals surface area contributed by atoms with Crippen LogP contribution in [0.3, 0.4) is 0 Å². The summed E-state index contributed by atoms with van der Waals surface area (Å²) in [6.45, 7) is 4.95. The second-order valence-corrected chi connectivity index (χ2v) is 6.15. The van der Waals surface area contributed by atoms with Gasteiger partial charge in [-0.3, -0.25) is 9.78 Å². The largest absolute Gasteiger partial charge is 0.349 e. The molecule has 0 radical (unpaired) electrons. The highest BCUT2D eigenvalue weighted by Gasteiger charge is 2.27. The highest BCUT2D eigenvalue weighted by molar-refractivity contribution is 5.94. The van der Waals surface area contributed by atoms with Crippen molar-refractivity contribution in [2.75, 3.05) is 0 Å². The molecule has 2 rings (SSSR count). The van der Waals surface area contributed by atoms with E-state index in [1.54, 1.807) is 18.3 Å². The number of nitrogens with zero attached hydrogens (tertiary/aromatic N) is 1. The molecule has 4 nitrogen and oxygen atoms in total. The fraction of sp³-hybridized carbons (Fsp3) is 0.600. The van der Waals surface area contributed by atoms with Gasteiger partial charge in [-0.15, -0.1) is 0 Å². The van der Waals surface area contributed by atoms with Crippen LogP contribution in [0.2, 0.25) is 0 Å². The van der Waals surface area contributed by atoms with Crippen molar-refractivity contribution in [2.45, 2.75) is 52.1 Å². The molecule has 1 aliphatic rings. The molecule has 0 unspecified atom stereocenters. The topological polar surface area (TPSA) is 68.0 Å². The minimum Gasteiger partial charge on any atom is -0.349 e. The van der Waals surface area contributed by atoms with Crippen molar-refractivity contribution in [3.8, 4) is 0 Å². The summed E-state index contributed by atoms with van der Waals surface area (Å²) in [5, 5.41) is 3.12. The van der Waals surface area contributed by atoms with Crippen LogP contribution in [0.15, 0.2) is 18.3 Å². The number of nitrogens with two attached hydrogens (primary N) is 1. The molecule has 1 fully saturated rings. The molecule has 0 spiro atoms. The number of aromatic nitrogens is 1. The van der Waals surface area contributed by atoms with Gasteiger partial charge in [0, 0.05) is 24.3 Å². The van der Waals surface area contributed by atoms with E-state index in [-0.39, 0.29) is 5.91 Å². The van der Waals surface area contributed by atoms with Gasteiger partial charge in [-0.05, 0) is 43.2 Å². The van der Waals surface area contributed by atoms with E-state index in [1.165, 1.54) is 12.8 Å². The number of carbonyl (C=O) groups is 1. The Morgan fingerprint density at radius 1 is 1.47 bits per heavy atom. The molecule has 1 amide bonds. The van der Waals surface area contributed by atoms with E-state index >= 15 is 0 Å².